The molecule has 0 fully saturated rings. The number of azo groups is 1. The molecule has 7 atom stereocenters. The number of nitrogens with zero attached hydrogens (tertiary/aromatic N) is 5. The Morgan fingerprint density at radius 2 is 1.17 bits per heavy atom. The molecule has 0 saturated heterocycles. The van der Waals surface area contributed by atoms with Crippen LogP contribution in [0.25, 0.3) is 33.3 Å². The average molecular weight is 1460 g/mol. The van der Waals surface area contributed by atoms with Gasteiger partial charge in [-0.3, -0.25) is 24.0 Å². The number of alkyl halides is 1. The molecule has 1 aliphatic rings. The number of amides is 2. The number of carboxylic acid groups (broad SMARTS) is 1. The number of benzene rings is 7. The monoisotopic (exact) mass is 1450 g/mol. The van der Waals surface area contributed by atoms with Gasteiger partial charge in [0.1, 0.15) is 17.6 Å². The van der Waals surface area contributed by atoms with Crippen molar-refractivity contribution in [3.05, 3.63) is 207 Å². The molecule has 1 unspecified atom stereocenters. The first-order valence-electron chi connectivity index (χ1n) is 32.0. The van der Waals surface area contributed by atoms with E-state index in [9.17, 15) is 58.8 Å². The minimum atomic E-state index is -1.68. The highest BCUT2D eigenvalue weighted by Crippen LogP contribution is 2.35. The number of esters is 4. The minimum absolute atomic E-state index is 0. The predicted molar refractivity (Wildman–Crippen MR) is 384 cm³/mol. The number of aliphatic hydroxyl groups is 3. The van der Waals surface area contributed by atoms with Crippen molar-refractivity contribution in [1.82, 2.24) is 25.8 Å². The van der Waals surface area contributed by atoms with Crippen molar-refractivity contribution in [2.75, 3.05) is 20.0 Å². The van der Waals surface area contributed by atoms with E-state index < -0.39 is 78.9 Å². The summed E-state index contributed by atoms with van der Waals surface area (Å²) in [6.07, 6.45) is -3.43. The number of aliphatic carboxylic acids is 1. The maximum absolute atomic E-state index is 13.3. The summed E-state index contributed by atoms with van der Waals surface area (Å²) in [5.41, 5.74) is 8.84. The first-order valence-corrected chi connectivity index (χ1v) is 33.3. The van der Waals surface area contributed by atoms with Crippen LogP contribution in [0.1, 0.15) is 104 Å². The van der Waals surface area contributed by atoms with E-state index in [1.807, 2.05) is 129 Å². The first kappa shape index (κ1) is 81.1. The summed E-state index contributed by atoms with van der Waals surface area (Å²) in [4.78, 5) is 103. The van der Waals surface area contributed by atoms with Crippen molar-refractivity contribution in [2.45, 2.75) is 111 Å². The van der Waals surface area contributed by atoms with Crippen molar-refractivity contribution < 1.29 is 82.6 Å². The summed E-state index contributed by atoms with van der Waals surface area (Å²) in [5, 5.41) is 62.8. The topological polar surface area (TPSA) is 343 Å². The molecule has 2 amide bonds. The Kier molecular flexibility index (Phi) is 32.2. The quantitative estimate of drug-likeness (QED) is 0.00587. The lowest BCUT2D eigenvalue weighted by Gasteiger charge is -2.22. The fraction of sp³-hybridized carbons (Fsp3) is 0.324. The number of methoxy groups -OCH3 is 1. The second-order valence-electron chi connectivity index (χ2n) is 24.0. The van der Waals surface area contributed by atoms with Gasteiger partial charge in [-0.2, -0.15) is 10.2 Å². The average Bonchev–Trinajstić information content (AvgIpc) is 1.64. The van der Waals surface area contributed by atoms with E-state index in [0.717, 1.165) is 38.9 Å². The fourth-order valence-electron chi connectivity index (χ4n) is 10.5. The molecule has 0 aliphatic carbocycles. The Bertz CT molecular complexity index is 4150. The van der Waals surface area contributed by atoms with Crippen LogP contribution in [0, 0.1) is 23.7 Å². The number of rotatable bonds is 31. The summed E-state index contributed by atoms with van der Waals surface area (Å²) in [6.45, 7) is 6.77. The number of halogens is 3. The SMILES string of the molecule is C.CC(C)[C@@H](C[B]C=O)C(=O)OCCl.COC(=O)C[C@@H](C(=O)OCOC(=O)[C@H](O)C[C@@H](Cc1ccc(-c2cccc(Cl)c2)cc1)NC(=O)c1ccc2c(c1)C(O)N=N2)C(C)C.O=C(N[C@H](Cc1ccc(-c2cccc(Cl)c2)cc1)C[C@@H](O)C(=O)O)c1ccc2nnn(OCc3ccccc3)c2c1. The molecule has 1 aromatic heterocycles. The molecular formula is C74H80BCl3N7O17. The Labute approximate surface area is 605 Å². The second-order valence-corrected chi connectivity index (χ2v) is 25.1. The zero-order valence-electron chi connectivity index (χ0n) is 55.8. The maximum Gasteiger partial charge on any atom is 0.337 e. The number of carboxylic acids is 1. The van der Waals surface area contributed by atoms with Crippen LogP contribution in [0.4, 0.5) is 5.69 Å². The van der Waals surface area contributed by atoms with E-state index in [1.54, 1.807) is 50.2 Å². The Morgan fingerprint density at radius 1 is 0.627 bits per heavy atom. The van der Waals surface area contributed by atoms with Gasteiger partial charge in [0.15, 0.2) is 31.8 Å². The minimum Gasteiger partial charge on any atom is -0.479 e. The van der Waals surface area contributed by atoms with Crippen molar-refractivity contribution in [3.63, 3.8) is 0 Å². The van der Waals surface area contributed by atoms with E-state index in [4.69, 9.17) is 49.1 Å². The van der Waals surface area contributed by atoms with Crippen LogP contribution in [0.3, 0.4) is 0 Å². The lowest BCUT2D eigenvalue weighted by molar-refractivity contribution is -0.178. The van der Waals surface area contributed by atoms with E-state index >= 15 is 0 Å². The van der Waals surface area contributed by atoms with Gasteiger partial charge in [0.25, 0.3) is 11.8 Å². The lowest BCUT2D eigenvalue weighted by Crippen LogP contribution is -2.41. The van der Waals surface area contributed by atoms with Crippen molar-refractivity contribution in [3.8, 4) is 22.3 Å². The molecule has 0 saturated carbocycles. The van der Waals surface area contributed by atoms with Crippen LogP contribution < -0.4 is 15.5 Å². The van der Waals surface area contributed by atoms with Crippen LogP contribution >= 0.6 is 34.8 Å². The predicted octanol–water partition coefficient (Wildman–Crippen LogP) is 11.6. The van der Waals surface area contributed by atoms with Crippen molar-refractivity contribution in [2.24, 2.45) is 33.9 Å². The van der Waals surface area contributed by atoms with E-state index in [-0.39, 0.29) is 75.1 Å². The molecule has 537 valence electrons. The third kappa shape index (κ3) is 24.7. The maximum atomic E-state index is 13.3. The third-order valence-electron chi connectivity index (χ3n) is 16.1. The zero-order chi connectivity index (χ0) is 73.1. The Balaban J connectivity index is 0.000000272. The van der Waals surface area contributed by atoms with E-state index in [1.165, 1.54) is 31.4 Å². The lowest BCUT2D eigenvalue weighted by atomic mass is 9.69. The van der Waals surface area contributed by atoms with Gasteiger partial charge in [-0.05, 0) is 129 Å². The molecule has 102 heavy (non-hydrogen) atoms. The zero-order valence-corrected chi connectivity index (χ0v) is 58.0. The number of carbonyl (C=O) groups excluding carboxylic acids is 7. The first-order chi connectivity index (χ1) is 48.4. The summed E-state index contributed by atoms with van der Waals surface area (Å²) in [7, 11) is 2.63. The summed E-state index contributed by atoms with van der Waals surface area (Å²) in [6, 6.07) is 47.6. The molecule has 2 heterocycles. The number of aliphatic hydroxyl groups excluding tert-OH is 3. The largest absolute Gasteiger partial charge is 0.479 e. The highest BCUT2D eigenvalue weighted by Gasteiger charge is 2.30. The van der Waals surface area contributed by atoms with E-state index in [2.05, 4.69) is 40.6 Å². The Morgan fingerprint density at radius 3 is 1.70 bits per heavy atom. The van der Waals surface area contributed by atoms with Crippen LogP contribution in [0.2, 0.25) is 16.4 Å². The summed E-state index contributed by atoms with van der Waals surface area (Å²) < 4.78 is 19.3. The Hall–Kier alpha value is -9.89. The molecule has 24 nitrogen and oxygen atoms in total. The molecule has 1 radical (unpaired) electrons. The number of nitrogens with one attached hydrogen (secondary N) is 2. The van der Waals surface area contributed by atoms with Gasteiger partial charge in [0.2, 0.25) is 6.79 Å². The molecule has 7 aromatic carbocycles. The van der Waals surface area contributed by atoms with Crippen LogP contribution in [0.15, 0.2) is 174 Å². The molecule has 8 aromatic rings. The number of hydrogen-bond donors (Lipinski definition) is 6. The number of ether oxygens (including phenoxy) is 4. The van der Waals surface area contributed by atoms with Crippen LogP contribution in [-0.2, 0) is 67.2 Å². The van der Waals surface area contributed by atoms with Crippen molar-refractivity contribution >= 4 is 107 Å². The number of carbonyl (C=O) groups is 8. The second kappa shape index (κ2) is 40.5. The molecule has 1 aliphatic heterocycles. The van der Waals surface area contributed by atoms with Gasteiger partial charge in [0, 0.05) is 51.7 Å². The number of fused-ring (bicyclic) bond motifs is 2. The van der Waals surface area contributed by atoms with E-state index in [0.29, 0.717) is 56.8 Å². The smallest absolute Gasteiger partial charge is 0.337 e. The van der Waals surface area contributed by atoms with Gasteiger partial charge in [-0.1, -0.05) is 184 Å². The van der Waals surface area contributed by atoms with Crippen molar-refractivity contribution in [1.29, 1.82) is 0 Å². The van der Waals surface area contributed by atoms with Gasteiger partial charge in [0.05, 0.1) is 37.2 Å². The molecule has 6 N–H and O–H groups in total. The molecule has 0 bridgehead atoms. The standard InChI is InChI=1S/C34H36ClN3O9.C31H27ClN4O5.C8H13BClO3.CH4/c1-19(2)26(17-30(40)45-3)33(43)46-18-47-34(44)29(39)16-25(36-31(41)23-11-12-28-27(15-23)32(42)38-37-28)13-20-7-9-21(10-8-20)22-5-4-6-24(35)14-22;32-25-8-4-7-23(16-25)22-11-9-20(10-12-22)15-26(18-29(37)31(39)40)33-30(38)24-13-14-27-28(17-24)36(35-34-27)41-19-21-5-2-1-3-6-21;1-6(2)7(3-9-4-11)8(12)13-5-10;/h4-12,14-15,19,25-26,29,32,39,42H,13,16-18H2,1-3H3,(H,36,41);1-14,16-17,26,29,37H,15,18-19H2,(H,33,38)(H,39,40);4,6-7H,3,5H2,1-2H3;1H4/t25-,26-,29-,32?;26-,29-;7-;/m111./s1. The van der Waals surface area contributed by atoms with Gasteiger partial charge < -0.3 is 59.6 Å². The molecule has 0 spiro atoms. The number of hydrogen-bond acceptors (Lipinski definition) is 20. The van der Waals surface area contributed by atoms with Gasteiger partial charge >= 0.3 is 29.8 Å². The highest BCUT2D eigenvalue weighted by atomic mass is 35.5. The molecule has 9 rings (SSSR count). The summed E-state index contributed by atoms with van der Waals surface area (Å²) >= 11 is 17.5. The number of aromatic nitrogens is 3. The van der Waals surface area contributed by atoms with Crippen LogP contribution in [-0.4, -0.2) is 135 Å². The normalized spacial score (nSPS) is 13.7. The van der Waals surface area contributed by atoms with Gasteiger partial charge in [-0.25, -0.2) is 9.59 Å². The highest BCUT2D eigenvalue weighted by molar-refractivity contribution is 6.66. The fourth-order valence-corrected chi connectivity index (χ4v) is 10.9. The summed E-state index contributed by atoms with van der Waals surface area (Å²) in [5.74, 6) is -6.21. The third-order valence-corrected chi connectivity index (χ3v) is 16.6. The van der Waals surface area contributed by atoms with Crippen LogP contribution in [0.5, 0.6) is 0 Å². The van der Waals surface area contributed by atoms with Gasteiger partial charge in [-0.15, -0.1) is 5.10 Å². The molecule has 28 heteroatoms. The molecular weight excluding hydrogens is 1380 g/mol.